The molecule has 0 amide bonds. The van der Waals surface area contributed by atoms with E-state index in [0.717, 1.165) is 91.8 Å². The van der Waals surface area contributed by atoms with Gasteiger partial charge >= 0.3 is 11.4 Å². The van der Waals surface area contributed by atoms with Gasteiger partial charge in [0.25, 0.3) is 22.2 Å². The summed E-state index contributed by atoms with van der Waals surface area (Å²) < 4.78 is 34.9. The number of hydrogen-bond donors (Lipinski definition) is 18. The van der Waals surface area contributed by atoms with Crippen LogP contribution >= 0.6 is 58.9 Å². The Balaban J connectivity index is 0.000000244. The highest BCUT2D eigenvalue weighted by atomic mass is 32.1. The number of allylic oxidation sites excluding steroid dienone is 2. The first-order chi connectivity index (χ1) is 58.8. The molecule has 1 unspecified atom stereocenters. The van der Waals surface area contributed by atoms with Gasteiger partial charge in [-0.3, -0.25) is 62.2 Å². The lowest BCUT2D eigenvalue weighted by atomic mass is 10.0. The van der Waals surface area contributed by atoms with Crippen molar-refractivity contribution in [2.45, 2.75) is 241 Å². The number of carbonyl (C=O) groups is 1. The van der Waals surface area contributed by atoms with Gasteiger partial charge in [-0.25, -0.2) is 9.59 Å². The lowest BCUT2D eigenvalue weighted by Crippen LogP contribution is -2.44. The molecular weight excluding hydrogens is 1760 g/mol. The van der Waals surface area contributed by atoms with Crippen LogP contribution in [0.4, 0.5) is 0 Å². The van der Waals surface area contributed by atoms with Crippen molar-refractivity contribution in [1.29, 1.82) is 0 Å². The van der Waals surface area contributed by atoms with Crippen LogP contribution in [0, 0.1) is 9.54 Å². The van der Waals surface area contributed by atoms with Crippen LogP contribution in [0.25, 0.3) is 0 Å². The van der Waals surface area contributed by atoms with Crippen LogP contribution in [0.3, 0.4) is 0 Å². The average Bonchev–Trinajstić information content (AvgIpc) is 1.66. The maximum atomic E-state index is 12.2. The van der Waals surface area contributed by atoms with E-state index in [1.54, 1.807) is 23.5 Å². The summed E-state index contributed by atoms with van der Waals surface area (Å²) in [5.74, 6) is 0.0412. The molecule has 35 nitrogen and oxygen atoms in total. The summed E-state index contributed by atoms with van der Waals surface area (Å²) in [6, 6.07) is 0. The molecule has 4 aromatic heterocycles. The first-order valence-electron chi connectivity index (χ1n) is 43.1. The van der Waals surface area contributed by atoms with Crippen LogP contribution < -0.4 is 54.9 Å². The van der Waals surface area contributed by atoms with Gasteiger partial charge in [-0.15, -0.1) is 65.9 Å². The van der Waals surface area contributed by atoms with E-state index in [9.17, 15) is 84.6 Å². The molecule has 0 radical (unpaired) electrons. The van der Waals surface area contributed by atoms with E-state index in [1.165, 1.54) is 27.6 Å². The van der Waals surface area contributed by atoms with Crippen molar-refractivity contribution < 1.29 is 79.5 Å². The van der Waals surface area contributed by atoms with Crippen LogP contribution in [0.2, 0.25) is 0 Å². The third-order valence-electron chi connectivity index (χ3n) is 21.8. The second kappa shape index (κ2) is 49.8. The predicted octanol–water partition coefficient (Wildman–Crippen LogP) is 2.63. The topological polar surface area (TPSA) is 502 Å². The smallest absolute Gasteiger partial charge is 0.330 e. The van der Waals surface area contributed by atoms with Crippen LogP contribution in [0.15, 0.2) is 78.0 Å². The number of ether oxygens (including phenoxy) is 5. The molecule has 0 aromatic carbocycles. The SMILES string of the molecule is C=CC1=CN(C2O[C@H](CCP(=C)(C)C)[C@@H](O)[C@H]2O)CCC1=O.C=P(C)(C)CC[C@H]1O[C@@H](n2cc(CNCCC)c(=O)[nH]c2=O)[C@H](O)[C@@H]1O.C=P(C)(C)CC[C@H]1O[C@@H](n2cc(CNCCC)c(=O)[nH]c2=O)[C@H](O)[C@@H]1O.C=P(C)(C)CC[C@H]1O[C@@H](n2cc(CNCCC)c(=O)[nH]c2=S)[C@H](O)[C@@H]1O.C=P(C)(C)CC[C@H]1O[C@@H](n2cc(CNCCC)c(=O)[nH]c2=S)[C@H](O)[C@@H]1O. The number of aliphatic hydroxyl groups excluding tert-OH is 10. The predicted molar refractivity (Wildman–Crippen MR) is 518 cm³/mol. The molecule has 20 atom stereocenters. The first-order valence-corrected chi connectivity index (χ1v) is 59.1. The van der Waals surface area contributed by atoms with E-state index in [1.807, 2.05) is 27.7 Å². The molecule has 5 saturated heterocycles. The van der Waals surface area contributed by atoms with Gasteiger partial charge in [-0.1, -0.05) is 40.3 Å². The fraction of sp³-hybridized carbons (Fsp3) is 0.690. The highest BCUT2D eigenvalue weighted by Crippen LogP contribution is 2.44. The fourth-order valence-electron chi connectivity index (χ4n) is 14.4. The summed E-state index contributed by atoms with van der Waals surface area (Å²) in [5, 5.41) is 116. The van der Waals surface area contributed by atoms with Crippen LogP contribution in [0.5, 0.6) is 0 Å². The number of carbonyl (C=O) groups excluding carboxylic acids is 1. The Morgan fingerprint density at radius 1 is 0.381 bits per heavy atom. The van der Waals surface area contributed by atoms with Crippen molar-refractivity contribution in [2.24, 2.45) is 0 Å². The van der Waals surface area contributed by atoms with Crippen LogP contribution in [-0.4, -0.2) is 359 Å². The van der Waals surface area contributed by atoms with E-state index in [-0.39, 0.29) is 32.5 Å². The Kier molecular flexibility index (Phi) is 43.5. The zero-order valence-electron chi connectivity index (χ0n) is 75.9. The van der Waals surface area contributed by atoms with Crippen LogP contribution in [-0.2, 0) is 54.7 Å². The minimum absolute atomic E-state index is 0.0412. The lowest BCUT2D eigenvalue weighted by Gasteiger charge is -2.32. The highest BCUT2D eigenvalue weighted by Gasteiger charge is 2.49. The summed E-state index contributed by atoms with van der Waals surface area (Å²) in [6.07, 6.45) is 23.7. The molecular formula is C84H146N13O22P5S2. The summed E-state index contributed by atoms with van der Waals surface area (Å²) in [5.41, 5.74) is -0.529. The van der Waals surface area contributed by atoms with Crippen LogP contribution in [0.1, 0.15) is 139 Å². The highest BCUT2D eigenvalue weighted by molar-refractivity contribution is 7.73. The van der Waals surface area contributed by atoms with Crippen molar-refractivity contribution in [3.63, 3.8) is 0 Å². The zero-order valence-corrected chi connectivity index (χ0v) is 82.0. The number of H-pyrrole nitrogens is 4. The van der Waals surface area contributed by atoms with E-state index < -0.39 is 174 Å². The summed E-state index contributed by atoms with van der Waals surface area (Å²) in [7, 11) is 0. The average molecular weight is 1910 g/mol. The van der Waals surface area contributed by atoms with Crippen molar-refractivity contribution in [3.05, 3.63) is 143 Å². The van der Waals surface area contributed by atoms with E-state index in [2.05, 4.69) is 146 Å². The van der Waals surface area contributed by atoms with E-state index >= 15 is 0 Å². The Bertz CT molecular complexity index is 4510. The molecule has 10 rings (SSSR count). The number of aromatic amines is 4. The van der Waals surface area contributed by atoms with Gasteiger partial charge in [-0.2, -0.15) is 0 Å². The number of aromatic nitrogens is 8. The monoisotopic (exact) mass is 1910 g/mol. The number of nitrogens with zero attached hydrogens (tertiary/aromatic N) is 5. The number of aliphatic hydroxyl groups is 10. The van der Waals surface area contributed by atoms with Crippen molar-refractivity contribution in [2.75, 3.05) is 130 Å². The molecule has 5 fully saturated rings. The molecule has 0 aliphatic carbocycles. The van der Waals surface area contributed by atoms with Gasteiger partial charge in [0.05, 0.1) is 30.5 Å². The molecule has 42 heteroatoms. The largest absolute Gasteiger partial charge is 0.388 e. The molecule has 716 valence electrons. The summed E-state index contributed by atoms with van der Waals surface area (Å²) in [4.78, 5) is 95.7. The molecule has 0 spiro atoms. The Hall–Kier alpha value is -4.75. The number of nitrogens with one attached hydrogen (secondary N) is 8. The molecule has 6 aliphatic rings. The number of hydrogen-bond acceptors (Lipinski definition) is 29. The maximum absolute atomic E-state index is 12.2. The minimum Gasteiger partial charge on any atom is -0.388 e. The Morgan fingerprint density at radius 2 is 0.611 bits per heavy atom. The summed E-state index contributed by atoms with van der Waals surface area (Å²) >= 11 is 10.5. The molecule has 18 N–H and O–H groups in total. The Labute approximate surface area is 750 Å². The van der Waals surface area contributed by atoms with Gasteiger partial charge in [0.15, 0.2) is 46.5 Å². The minimum atomic E-state index is -1.29. The second-order valence-corrected chi connectivity index (χ2v) is 59.0. The van der Waals surface area contributed by atoms with E-state index in [4.69, 9.17) is 48.1 Å². The second-order valence-electron chi connectivity index (χ2n) is 36.7. The number of ketones is 1. The van der Waals surface area contributed by atoms with Gasteiger partial charge < -0.3 is 101 Å². The van der Waals surface area contributed by atoms with Crippen molar-refractivity contribution >= 4 is 96.1 Å². The number of Topliss-reactive ketones (excluding diaryl/α,β-unsaturated/α-hetero) is 1. The molecule has 0 bridgehead atoms. The molecule has 0 saturated carbocycles. The van der Waals surface area contributed by atoms with Gasteiger partial charge in [0.2, 0.25) is 0 Å². The normalized spacial score (nSPS) is 27.5. The number of rotatable bonds is 37. The maximum Gasteiger partial charge on any atom is 0.330 e. The van der Waals surface area contributed by atoms with Gasteiger partial charge in [0, 0.05) is 98.0 Å². The molecule has 6 aliphatic heterocycles. The van der Waals surface area contributed by atoms with Gasteiger partial charge in [0.1, 0.15) is 61.0 Å². The van der Waals surface area contributed by atoms with Crippen molar-refractivity contribution in [3.8, 4) is 0 Å². The standard InChI is InChI=1S/2C17H30N3O5P.2C17H30N3O4PS.C16H26NO4P/c2*1-5-7-18-9-11-10-20(17(24)19-15(11)23)16-14(22)13(21)12(25-16)6-8-26(2,3)4;2*1-5-7-18-9-11-10-20(17(26)19-15(11)23)16-14(22)13(21)12(24-16)6-8-25(2,3)4;1-5-11-10-17(8-6-12(11)18)16-15(20)14(19)13(21-16)7-9-22(2,3)4/h2*10,12-14,16,18,21-22H,2,5-9H2,1,3-4H3,(H,19,23,24);2*10,12-14,16,18,21-22H,2,5-9H2,1,3-4H3,(H,19,23,26);5,10,13-16,19-20H,1-2,6-9H2,3-4H3/t4*12-,13-,14-,16-;13-,14-,15-,16?/m11111/s1. The van der Waals surface area contributed by atoms with E-state index in [0.29, 0.717) is 99.1 Å². The first kappa shape index (κ1) is 110. The zero-order chi connectivity index (χ0) is 94.4. The van der Waals surface area contributed by atoms with Crippen molar-refractivity contribution in [1.82, 2.24) is 64.4 Å². The Morgan fingerprint density at radius 3 is 0.857 bits per heavy atom. The lowest BCUT2D eigenvalue weighted by molar-refractivity contribution is -0.118. The summed E-state index contributed by atoms with van der Waals surface area (Å²) in [6.45, 7) is 31.5. The fourth-order valence-corrected chi connectivity index (χ4v) is 19.7. The molecule has 10 heterocycles. The molecule has 4 aromatic rings. The third-order valence-corrected chi connectivity index (χ3v) is 29.8. The van der Waals surface area contributed by atoms with Gasteiger partial charge in [-0.05, 0) is 206 Å². The molecule has 126 heavy (non-hydrogen) atoms. The quantitative estimate of drug-likeness (QED) is 0.0175. The third kappa shape index (κ3) is 33.2.